The highest BCUT2D eigenvalue weighted by atomic mass is 79.9. The summed E-state index contributed by atoms with van der Waals surface area (Å²) in [5, 5.41) is 8.63. The van der Waals surface area contributed by atoms with Crippen LogP contribution in [0.2, 0.25) is 0 Å². The van der Waals surface area contributed by atoms with E-state index in [0.717, 1.165) is 0 Å². The van der Waals surface area contributed by atoms with Gasteiger partial charge in [0.25, 0.3) is 0 Å². The minimum Gasteiger partial charge on any atom is -0.478 e. The van der Waals surface area contributed by atoms with E-state index in [0.29, 0.717) is 4.60 Å². The van der Waals surface area contributed by atoms with E-state index in [1.165, 1.54) is 16.8 Å². The number of ether oxygens (including phenoxy) is 1. The molecule has 8 heteroatoms. The van der Waals surface area contributed by atoms with Crippen molar-refractivity contribution >= 4 is 21.9 Å². The van der Waals surface area contributed by atoms with E-state index in [1.54, 1.807) is 0 Å². The lowest BCUT2D eigenvalue weighted by molar-refractivity contribution is -0.325. The summed E-state index contributed by atoms with van der Waals surface area (Å²) in [6, 6.07) is 1.30. The first-order chi connectivity index (χ1) is 7.29. The van der Waals surface area contributed by atoms with Crippen molar-refractivity contribution in [3.63, 3.8) is 0 Å². The molecule has 1 aromatic heterocycles. The number of halogens is 4. The third-order valence-corrected chi connectivity index (χ3v) is 2.37. The van der Waals surface area contributed by atoms with Gasteiger partial charge in [-0.25, -0.2) is 4.79 Å². The summed E-state index contributed by atoms with van der Waals surface area (Å²) >= 11 is 3.03. The van der Waals surface area contributed by atoms with Crippen molar-refractivity contribution in [2.45, 2.75) is 12.9 Å². The van der Waals surface area contributed by atoms with Crippen LogP contribution in [0, 0.1) is 0 Å². The zero-order valence-electron chi connectivity index (χ0n) is 7.79. The standard InChI is InChI=1S/C8H7BrF3NO3/c9-6-3-5(7(14)15)4-13(6)1-2-16-8(10,11)12/h3-4H,1-2H2,(H,14,15). The van der Waals surface area contributed by atoms with Gasteiger partial charge in [0.1, 0.15) is 0 Å². The Kier molecular flexibility index (Phi) is 3.98. The average molecular weight is 302 g/mol. The van der Waals surface area contributed by atoms with Gasteiger partial charge in [-0.05, 0) is 22.0 Å². The number of carboxylic acids is 1. The Morgan fingerprint density at radius 1 is 1.56 bits per heavy atom. The van der Waals surface area contributed by atoms with Crippen LogP contribution in [-0.4, -0.2) is 28.6 Å². The van der Waals surface area contributed by atoms with Crippen LogP contribution in [0.5, 0.6) is 0 Å². The van der Waals surface area contributed by atoms with E-state index in [9.17, 15) is 18.0 Å². The third kappa shape index (κ3) is 3.86. The molecule has 0 unspecified atom stereocenters. The first-order valence-electron chi connectivity index (χ1n) is 4.09. The van der Waals surface area contributed by atoms with Crippen molar-refractivity contribution in [2.24, 2.45) is 0 Å². The number of nitrogens with zero attached hydrogens (tertiary/aromatic N) is 1. The minimum atomic E-state index is -4.67. The molecule has 4 nitrogen and oxygen atoms in total. The summed E-state index contributed by atoms with van der Waals surface area (Å²) in [6.45, 7) is -0.663. The second-order valence-electron chi connectivity index (χ2n) is 2.84. The molecular weight excluding hydrogens is 295 g/mol. The molecule has 0 saturated heterocycles. The molecule has 0 aromatic carbocycles. The molecule has 0 spiro atoms. The summed E-state index contributed by atoms with van der Waals surface area (Å²) in [7, 11) is 0. The Morgan fingerprint density at radius 3 is 2.62 bits per heavy atom. The Bertz CT molecular complexity index is 388. The van der Waals surface area contributed by atoms with Crippen molar-refractivity contribution in [1.82, 2.24) is 4.57 Å². The lowest BCUT2D eigenvalue weighted by Gasteiger charge is -2.08. The number of hydrogen-bond donors (Lipinski definition) is 1. The van der Waals surface area contributed by atoms with E-state index < -0.39 is 18.9 Å². The predicted molar refractivity (Wildman–Crippen MR) is 51.1 cm³/mol. The van der Waals surface area contributed by atoms with Gasteiger partial charge in [0.05, 0.1) is 16.8 Å². The molecule has 90 valence electrons. The zero-order chi connectivity index (χ0) is 12.3. The lowest BCUT2D eigenvalue weighted by atomic mass is 10.4. The maximum atomic E-state index is 11.7. The van der Waals surface area contributed by atoms with Gasteiger partial charge < -0.3 is 9.67 Å². The summed E-state index contributed by atoms with van der Waals surface area (Å²) < 4.78 is 40.2. The number of aromatic nitrogens is 1. The number of hydrogen-bond acceptors (Lipinski definition) is 2. The second-order valence-corrected chi connectivity index (χ2v) is 3.66. The monoisotopic (exact) mass is 301 g/mol. The summed E-state index contributed by atoms with van der Waals surface area (Å²) in [6.07, 6.45) is -3.44. The van der Waals surface area contributed by atoms with Crippen LogP contribution < -0.4 is 0 Å². The number of carboxylic acid groups (broad SMARTS) is 1. The van der Waals surface area contributed by atoms with Gasteiger partial charge in [0, 0.05) is 12.7 Å². The Hall–Kier alpha value is -1.02. The lowest BCUT2D eigenvalue weighted by Crippen LogP contribution is -2.17. The fourth-order valence-corrected chi connectivity index (χ4v) is 1.55. The van der Waals surface area contributed by atoms with Gasteiger partial charge in [-0.2, -0.15) is 0 Å². The van der Waals surface area contributed by atoms with E-state index in [1.807, 2.05) is 0 Å². The van der Waals surface area contributed by atoms with E-state index in [-0.39, 0.29) is 12.1 Å². The molecule has 0 aliphatic carbocycles. The molecule has 1 aromatic rings. The molecular formula is C8H7BrF3NO3. The number of aromatic carboxylic acids is 1. The summed E-state index contributed by atoms with van der Waals surface area (Å²) in [5.74, 6) is -1.14. The predicted octanol–water partition coefficient (Wildman–Crippen LogP) is 2.49. The Balaban J connectivity index is 2.58. The SMILES string of the molecule is O=C(O)c1cc(Br)n(CCOC(F)(F)F)c1. The van der Waals surface area contributed by atoms with Gasteiger partial charge in [-0.1, -0.05) is 0 Å². The summed E-state index contributed by atoms with van der Waals surface area (Å²) in [5.41, 5.74) is -0.00103. The van der Waals surface area contributed by atoms with E-state index in [4.69, 9.17) is 5.11 Å². The smallest absolute Gasteiger partial charge is 0.478 e. The maximum Gasteiger partial charge on any atom is 0.522 e. The topological polar surface area (TPSA) is 51.5 Å². The molecule has 1 N–H and O–H groups in total. The largest absolute Gasteiger partial charge is 0.522 e. The molecule has 16 heavy (non-hydrogen) atoms. The molecule has 0 aliphatic rings. The molecule has 0 atom stereocenters. The maximum absolute atomic E-state index is 11.7. The zero-order valence-corrected chi connectivity index (χ0v) is 9.38. The minimum absolute atomic E-state index is 0.00103. The molecule has 1 rings (SSSR count). The van der Waals surface area contributed by atoms with Crippen LogP contribution in [0.1, 0.15) is 10.4 Å². The highest BCUT2D eigenvalue weighted by Crippen LogP contribution is 2.18. The van der Waals surface area contributed by atoms with Crippen LogP contribution in [0.25, 0.3) is 0 Å². The molecule has 0 radical (unpaired) electrons. The number of carbonyl (C=O) groups is 1. The van der Waals surface area contributed by atoms with Gasteiger partial charge in [-0.3, -0.25) is 4.74 Å². The van der Waals surface area contributed by atoms with Gasteiger partial charge >= 0.3 is 12.3 Å². The van der Waals surface area contributed by atoms with Crippen LogP contribution in [0.3, 0.4) is 0 Å². The highest BCUT2D eigenvalue weighted by molar-refractivity contribution is 9.10. The molecule has 0 bridgehead atoms. The van der Waals surface area contributed by atoms with Crippen LogP contribution in [0.15, 0.2) is 16.9 Å². The van der Waals surface area contributed by atoms with Crippen molar-refractivity contribution in [2.75, 3.05) is 6.61 Å². The summed E-state index contributed by atoms with van der Waals surface area (Å²) in [4.78, 5) is 10.6. The molecule has 0 fully saturated rings. The third-order valence-electron chi connectivity index (χ3n) is 1.69. The molecule has 0 aliphatic heterocycles. The van der Waals surface area contributed by atoms with Crippen molar-refractivity contribution in [3.05, 3.63) is 22.4 Å². The molecule has 1 heterocycles. The molecule has 0 amide bonds. The van der Waals surface area contributed by atoms with Crippen molar-refractivity contribution in [1.29, 1.82) is 0 Å². The molecule has 0 saturated carbocycles. The van der Waals surface area contributed by atoms with Gasteiger partial charge in [0.2, 0.25) is 0 Å². The Labute approximate surface area is 96.7 Å². The first-order valence-corrected chi connectivity index (χ1v) is 4.88. The highest BCUT2D eigenvalue weighted by Gasteiger charge is 2.28. The normalized spacial score (nSPS) is 11.8. The fraction of sp³-hybridized carbons (Fsp3) is 0.375. The van der Waals surface area contributed by atoms with Gasteiger partial charge in [0.15, 0.2) is 0 Å². The van der Waals surface area contributed by atoms with Gasteiger partial charge in [-0.15, -0.1) is 13.2 Å². The fourth-order valence-electron chi connectivity index (χ4n) is 1.03. The number of alkyl halides is 3. The van der Waals surface area contributed by atoms with Crippen LogP contribution in [0.4, 0.5) is 13.2 Å². The van der Waals surface area contributed by atoms with E-state index >= 15 is 0 Å². The Morgan fingerprint density at radius 2 is 2.19 bits per heavy atom. The van der Waals surface area contributed by atoms with E-state index in [2.05, 4.69) is 20.7 Å². The quantitative estimate of drug-likeness (QED) is 0.929. The first kappa shape index (κ1) is 13.0. The van der Waals surface area contributed by atoms with Crippen LogP contribution >= 0.6 is 15.9 Å². The van der Waals surface area contributed by atoms with Crippen LogP contribution in [-0.2, 0) is 11.3 Å². The van der Waals surface area contributed by atoms with Crippen molar-refractivity contribution < 1.29 is 27.8 Å². The van der Waals surface area contributed by atoms with Crippen molar-refractivity contribution in [3.8, 4) is 0 Å². The number of rotatable bonds is 4. The second kappa shape index (κ2) is 4.88. The average Bonchev–Trinajstić information content (AvgIpc) is 2.46.